The van der Waals surface area contributed by atoms with Crippen molar-refractivity contribution in [1.82, 2.24) is 9.80 Å². The molecule has 1 atom stereocenters. The molecule has 4 rings (SSSR count). The number of amides is 2. The number of carbonyl (C=O) groups excluding carboxylic acids is 2. The van der Waals surface area contributed by atoms with Crippen LogP contribution in [0.25, 0.3) is 0 Å². The molecule has 4 nitrogen and oxygen atoms in total. The molecule has 2 amide bonds. The van der Waals surface area contributed by atoms with E-state index in [1.54, 1.807) is 0 Å². The zero-order valence-electron chi connectivity index (χ0n) is 17.2. The van der Waals surface area contributed by atoms with Crippen LogP contribution < -0.4 is 0 Å². The van der Waals surface area contributed by atoms with Crippen LogP contribution >= 0.6 is 0 Å². The van der Waals surface area contributed by atoms with Crippen molar-refractivity contribution in [3.8, 4) is 0 Å². The maximum Gasteiger partial charge on any atom is 0.229 e. The first kappa shape index (κ1) is 19.2. The first-order valence-corrected chi connectivity index (χ1v) is 10.7. The number of hydrogen-bond donors (Lipinski definition) is 0. The van der Waals surface area contributed by atoms with E-state index in [0.717, 1.165) is 58.2 Å². The van der Waals surface area contributed by atoms with Gasteiger partial charge in [0.25, 0.3) is 0 Å². The molecule has 2 fully saturated rings. The Labute approximate surface area is 168 Å². The maximum absolute atomic E-state index is 13.2. The summed E-state index contributed by atoms with van der Waals surface area (Å²) in [6, 6.07) is 8.42. The van der Waals surface area contributed by atoms with Crippen molar-refractivity contribution in [3.05, 3.63) is 47.5 Å². The van der Waals surface area contributed by atoms with E-state index in [4.69, 9.17) is 0 Å². The fraction of sp³-hybridized carbons (Fsp3) is 0.583. The van der Waals surface area contributed by atoms with Gasteiger partial charge in [0.2, 0.25) is 11.8 Å². The third-order valence-corrected chi connectivity index (χ3v) is 7.18. The molecule has 150 valence electrons. The normalized spacial score (nSPS) is 26.9. The number of nitrogens with zero attached hydrogens (tertiary/aromatic N) is 2. The molecule has 0 radical (unpaired) electrons. The molecule has 0 saturated carbocycles. The third kappa shape index (κ3) is 3.49. The first-order valence-electron chi connectivity index (χ1n) is 10.7. The Bertz CT molecular complexity index is 792. The summed E-state index contributed by atoms with van der Waals surface area (Å²) >= 11 is 0. The highest BCUT2D eigenvalue weighted by Gasteiger charge is 2.49. The van der Waals surface area contributed by atoms with Crippen molar-refractivity contribution < 1.29 is 9.59 Å². The van der Waals surface area contributed by atoms with Crippen molar-refractivity contribution in [2.75, 3.05) is 19.6 Å². The van der Waals surface area contributed by atoms with E-state index >= 15 is 0 Å². The smallest absolute Gasteiger partial charge is 0.229 e. The van der Waals surface area contributed by atoms with Crippen molar-refractivity contribution in [1.29, 1.82) is 0 Å². The molecule has 2 saturated heterocycles. The quantitative estimate of drug-likeness (QED) is 0.741. The second-order valence-electron chi connectivity index (χ2n) is 9.31. The zero-order chi connectivity index (χ0) is 19.8. The van der Waals surface area contributed by atoms with Gasteiger partial charge in [0.1, 0.15) is 0 Å². The minimum absolute atomic E-state index is 0.242. The molecular formula is C24H32N2O2. The Morgan fingerprint density at radius 1 is 1.07 bits per heavy atom. The van der Waals surface area contributed by atoms with Crippen LogP contribution in [0.4, 0.5) is 0 Å². The summed E-state index contributed by atoms with van der Waals surface area (Å²) in [5, 5.41) is 0. The highest BCUT2D eigenvalue weighted by Crippen LogP contribution is 2.43. The number of benzene rings is 1. The summed E-state index contributed by atoms with van der Waals surface area (Å²) in [6.07, 6.45) is 9.66. The maximum atomic E-state index is 13.2. The lowest BCUT2D eigenvalue weighted by atomic mass is 9.74. The molecule has 4 heteroatoms. The SMILES string of the molecule is Cc1cccc(CN2CCC3(CCN(C(=O)C4(C)CC=CCC4)CC3)C2=O)c1. The lowest BCUT2D eigenvalue weighted by Crippen LogP contribution is -2.50. The number of likely N-dealkylation sites (tertiary alicyclic amines) is 2. The van der Waals surface area contributed by atoms with Gasteiger partial charge in [-0.15, -0.1) is 0 Å². The Kier molecular flexibility index (Phi) is 5.07. The van der Waals surface area contributed by atoms with Crippen LogP contribution in [-0.2, 0) is 16.1 Å². The summed E-state index contributed by atoms with van der Waals surface area (Å²) in [6.45, 7) is 7.18. The summed E-state index contributed by atoms with van der Waals surface area (Å²) in [5.74, 6) is 0.585. The van der Waals surface area contributed by atoms with Gasteiger partial charge in [0.15, 0.2) is 0 Å². The largest absolute Gasteiger partial charge is 0.342 e. The predicted octanol–water partition coefficient (Wildman–Crippen LogP) is 4.08. The van der Waals surface area contributed by atoms with E-state index in [0.29, 0.717) is 12.5 Å². The number of aryl methyl sites for hydroxylation is 1. The van der Waals surface area contributed by atoms with Gasteiger partial charge in [0.05, 0.1) is 10.8 Å². The van der Waals surface area contributed by atoms with Gasteiger partial charge in [-0.3, -0.25) is 9.59 Å². The molecule has 1 spiro atoms. The van der Waals surface area contributed by atoms with Crippen LogP contribution in [-0.4, -0.2) is 41.2 Å². The molecule has 0 N–H and O–H groups in total. The number of hydrogen-bond acceptors (Lipinski definition) is 2. The molecule has 2 heterocycles. The minimum Gasteiger partial charge on any atom is -0.342 e. The van der Waals surface area contributed by atoms with Crippen molar-refractivity contribution in [2.24, 2.45) is 10.8 Å². The minimum atomic E-state index is -0.254. The second kappa shape index (κ2) is 7.38. The predicted molar refractivity (Wildman–Crippen MR) is 111 cm³/mol. The van der Waals surface area contributed by atoms with Crippen molar-refractivity contribution in [3.63, 3.8) is 0 Å². The number of rotatable bonds is 3. The van der Waals surface area contributed by atoms with Gasteiger partial charge >= 0.3 is 0 Å². The number of allylic oxidation sites excluding steroid dienone is 2. The average molecular weight is 381 g/mol. The zero-order valence-corrected chi connectivity index (χ0v) is 17.2. The van der Waals surface area contributed by atoms with E-state index in [9.17, 15) is 9.59 Å². The third-order valence-electron chi connectivity index (χ3n) is 7.18. The molecule has 3 aliphatic rings. The van der Waals surface area contributed by atoms with Crippen LogP contribution in [0.1, 0.15) is 56.6 Å². The topological polar surface area (TPSA) is 40.6 Å². The van der Waals surface area contributed by atoms with Crippen molar-refractivity contribution in [2.45, 2.75) is 58.9 Å². The van der Waals surface area contributed by atoms with Crippen LogP contribution in [0.5, 0.6) is 0 Å². The Morgan fingerprint density at radius 3 is 2.50 bits per heavy atom. The van der Waals surface area contributed by atoms with Crippen LogP contribution in [0.15, 0.2) is 36.4 Å². The fourth-order valence-electron chi connectivity index (χ4n) is 5.22. The van der Waals surface area contributed by atoms with Gasteiger partial charge in [-0.2, -0.15) is 0 Å². The van der Waals surface area contributed by atoms with E-state index < -0.39 is 0 Å². The standard InChI is InChI=1S/C24H32N2O2/c1-19-7-6-8-20(17-19)18-26-16-13-24(22(26)28)11-14-25(15-12-24)21(27)23(2)9-4-3-5-10-23/h3-4,6-8,17H,5,9-16,18H2,1-2H3. The molecule has 2 aliphatic heterocycles. The average Bonchev–Trinajstić information content (AvgIpc) is 2.98. The summed E-state index contributed by atoms with van der Waals surface area (Å²) in [7, 11) is 0. The molecule has 0 aromatic heterocycles. The van der Waals surface area contributed by atoms with E-state index in [1.807, 2.05) is 9.80 Å². The van der Waals surface area contributed by atoms with Crippen LogP contribution in [0.2, 0.25) is 0 Å². The lowest BCUT2D eigenvalue weighted by molar-refractivity contribution is -0.148. The molecule has 1 aromatic carbocycles. The second-order valence-corrected chi connectivity index (χ2v) is 9.31. The van der Waals surface area contributed by atoms with E-state index in [-0.39, 0.29) is 16.7 Å². The Hall–Kier alpha value is -2.10. The lowest BCUT2D eigenvalue weighted by Gasteiger charge is -2.42. The Morgan fingerprint density at radius 2 is 1.82 bits per heavy atom. The monoisotopic (exact) mass is 380 g/mol. The van der Waals surface area contributed by atoms with E-state index in [2.05, 4.69) is 50.3 Å². The summed E-state index contributed by atoms with van der Waals surface area (Å²) < 4.78 is 0. The van der Waals surface area contributed by atoms with Gasteiger partial charge in [-0.05, 0) is 51.0 Å². The van der Waals surface area contributed by atoms with Crippen molar-refractivity contribution >= 4 is 11.8 Å². The van der Waals surface area contributed by atoms with Crippen LogP contribution in [0.3, 0.4) is 0 Å². The fourth-order valence-corrected chi connectivity index (χ4v) is 5.22. The summed E-state index contributed by atoms with van der Waals surface area (Å²) in [5.41, 5.74) is 1.94. The van der Waals surface area contributed by atoms with Gasteiger partial charge in [-0.25, -0.2) is 0 Å². The van der Waals surface area contributed by atoms with Crippen LogP contribution in [0, 0.1) is 17.8 Å². The highest BCUT2D eigenvalue weighted by atomic mass is 16.2. The molecule has 1 aliphatic carbocycles. The Balaban J connectivity index is 1.38. The van der Waals surface area contributed by atoms with Gasteiger partial charge in [-0.1, -0.05) is 48.9 Å². The molecule has 28 heavy (non-hydrogen) atoms. The van der Waals surface area contributed by atoms with Gasteiger partial charge in [0, 0.05) is 26.2 Å². The van der Waals surface area contributed by atoms with Gasteiger partial charge < -0.3 is 9.80 Å². The van der Waals surface area contributed by atoms with E-state index in [1.165, 1.54) is 11.1 Å². The first-order chi connectivity index (χ1) is 13.4. The molecule has 1 unspecified atom stereocenters. The number of piperidine rings is 1. The highest BCUT2D eigenvalue weighted by molar-refractivity contribution is 5.86. The summed E-state index contributed by atoms with van der Waals surface area (Å²) in [4.78, 5) is 30.4. The molecule has 1 aromatic rings. The number of carbonyl (C=O) groups is 2. The molecule has 0 bridgehead atoms. The molecular weight excluding hydrogens is 348 g/mol.